The van der Waals surface area contributed by atoms with Gasteiger partial charge in [-0.1, -0.05) is 24.3 Å². The van der Waals surface area contributed by atoms with Crippen LogP contribution in [-0.4, -0.2) is 28.8 Å². The van der Waals surface area contributed by atoms with Crippen LogP contribution in [0.3, 0.4) is 0 Å². The molecule has 3 heterocycles. The van der Waals surface area contributed by atoms with Crippen LogP contribution >= 0.6 is 11.3 Å². The van der Waals surface area contributed by atoms with Gasteiger partial charge in [0.15, 0.2) is 5.96 Å². The third kappa shape index (κ3) is 4.05. The van der Waals surface area contributed by atoms with Gasteiger partial charge in [0, 0.05) is 24.3 Å². The summed E-state index contributed by atoms with van der Waals surface area (Å²) in [5.41, 5.74) is 8.92. The molecule has 1 unspecified atom stereocenters. The molecule has 2 N–H and O–H groups in total. The minimum Gasteiger partial charge on any atom is -0.369 e. The lowest BCUT2D eigenvalue weighted by atomic mass is 9.79. The van der Waals surface area contributed by atoms with Crippen LogP contribution in [0.1, 0.15) is 29.3 Å². The van der Waals surface area contributed by atoms with Gasteiger partial charge in [-0.2, -0.15) is 5.26 Å². The number of aliphatic imine (C=N–C) groups is 1. The van der Waals surface area contributed by atoms with Crippen LogP contribution < -0.4 is 5.73 Å². The van der Waals surface area contributed by atoms with Crippen molar-refractivity contribution in [1.82, 2.24) is 9.88 Å². The molecule has 0 aliphatic carbocycles. The highest BCUT2D eigenvalue weighted by Gasteiger charge is 2.46. The van der Waals surface area contributed by atoms with E-state index in [1.165, 1.54) is 4.90 Å². The van der Waals surface area contributed by atoms with Crippen molar-refractivity contribution >= 4 is 29.3 Å². The van der Waals surface area contributed by atoms with Gasteiger partial charge in [0.25, 0.3) is 0 Å². The Balaban J connectivity index is 1.69. The number of rotatable bonds is 5. The zero-order chi connectivity index (χ0) is 22.7. The molecule has 0 saturated heterocycles. The molecule has 1 aliphatic rings. The monoisotopic (exact) mass is 441 g/mol. The van der Waals surface area contributed by atoms with Gasteiger partial charge in [-0.3, -0.25) is 14.7 Å². The largest absolute Gasteiger partial charge is 0.369 e. The summed E-state index contributed by atoms with van der Waals surface area (Å²) in [4.78, 5) is 24.4. The van der Waals surface area contributed by atoms with Gasteiger partial charge in [0.05, 0.1) is 17.6 Å². The van der Waals surface area contributed by atoms with Crippen LogP contribution in [0.2, 0.25) is 0 Å². The fraction of sp³-hybridized carbons (Fsp3) is 0.200. The first-order chi connectivity index (χ1) is 15.4. The summed E-state index contributed by atoms with van der Waals surface area (Å²) in [6, 6.07) is 15.6. The number of nitriles is 1. The number of nitrogens with zero attached hydrogens (tertiary/aromatic N) is 4. The number of hydrogen-bond acceptors (Lipinski definition) is 6. The first kappa shape index (κ1) is 21.5. The molecule has 0 bridgehead atoms. The van der Waals surface area contributed by atoms with Crippen LogP contribution in [0, 0.1) is 17.2 Å². The Morgan fingerprint density at radius 2 is 2.03 bits per heavy atom. The van der Waals surface area contributed by atoms with Crippen molar-refractivity contribution in [2.24, 2.45) is 16.6 Å². The number of nitrogens with two attached hydrogens (primary N) is 1. The average molecular weight is 442 g/mol. The highest BCUT2D eigenvalue weighted by molar-refractivity contribution is 7.10. The van der Waals surface area contributed by atoms with Crippen molar-refractivity contribution in [3.63, 3.8) is 0 Å². The molecule has 2 aromatic heterocycles. The first-order valence-electron chi connectivity index (χ1n) is 10.2. The zero-order valence-electron chi connectivity index (χ0n) is 17.9. The van der Waals surface area contributed by atoms with Crippen LogP contribution in [0.5, 0.6) is 0 Å². The molecule has 32 heavy (non-hydrogen) atoms. The van der Waals surface area contributed by atoms with Gasteiger partial charge >= 0.3 is 0 Å². The highest BCUT2D eigenvalue weighted by Crippen LogP contribution is 2.44. The summed E-state index contributed by atoms with van der Waals surface area (Å²) < 4.78 is 0. The molecular formula is C25H23N5OS. The lowest BCUT2D eigenvalue weighted by Gasteiger charge is -2.39. The van der Waals surface area contributed by atoms with E-state index in [1.807, 2.05) is 54.8 Å². The third-order valence-corrected chi connectivity index (χ3v) is 6.97. The Morgan fingerprint density at radius 3 is 2.78 bits per heavy atom. The maximum absolute atomic E-state index is 13.2. The van der Waals surface area contributed by atoms with Gasteiger partial charge in [-0.05, 0) is 65.7 Å². The minimum absolute atomic E-state index is 0.0548. The molecule has 3 aromatic rings. The van der Waals surface area contributed by atoms with E-state index >= 15 is 0 Å². The van der Waals surface area contributed by atoms with E-state index in [9.17, 15) is 10.1 Å². The van der Waals surface area contributed by atoms with Crippen molar-refractivity contribution in [3.05, 3.63) is 82.3 Å². The molecule has 4 rings (SSSR count). The predicted octanol–water partition coefficient (Wildman–Crippen LogP) is 4.40. The predicted molar refractivity (Wildman–Crippen MR) is 128 cm³/mol. The maximum atomic E-state index is 13.2. The Labute approximate surface area is 191 Å². The minimum atomic E-state index is -0.786. The molecule has 0 spiro atoms. The molecule has 7 heteroatoms. The first-order valence-corrected chi connectivity index (χ1v) is 11.1. The van der Waals surface area contributed by atoms with Crippen molar-refractivity contribution in [2.45, 2.75) is 18.9 Å². The summed E-state index contributed by atoms with van der Waals surface area (Å²) in [6.45, 7) is 1.97. The smallest absolute Gasteiger partial charge is 0.235 e. The molecule has 0 radical (unpaired) electrons. The number of aromatic nitrogens is 1. The third-order valence-electron chi connectivity index (χ3n) is 5.81. The van der Waals surface area contributed by atoms with Crippen molar-refractivity contribution in [1.29, 1.82) is 5.26 Å². The second kappa shape index (κ2) is 8.77. The number of allylic oxidation sites excluding steroid dienone is 1. The Hall–Kier alpha value is -3.76. The van der Waals surface area contributed by atoms with Gasteiger partial charge in [-0.25, -0.2) is 4.99 Å². The Kier molecular flexibility index (Phi) is 5.89. The molecule has 2 atom stereocenters. The summed E-state index contributed by atoms with van der Waals surface area (Å²) in [7, 11) is 1.66. The second-order valence-electron chi connectivity index (χ2n) is 7.88. The van der Waals surface area contributed by atoms with E-state index in [2.05, 4.69) is 17.1 Å². The van der Waals surface area contributed by atoms with Crippen molar-refractivity contribution in [2.75, 3.05) is 7.05 Å². The summed E-state index contributed by atoms with van der Waals surface area (Å²) in [6.07, 6.45) is 8.00. The number of carbonyl (C=O) groups excluding carboxylic acids is 1. The van der Waals surface area contributed by atoms with Crippen molar-refractivity contribution in [3.8, 4) is 17.2 Å². The lowest BCUT2D eigenvalue weighted by Crippen LogP contribution is -2.53. The maximum Gasteiger partial charge on any atom is 0.235 e. The zero-order valence-corrected chi connectivity index (χ0v) is 18.7. The standard InChI is InChI=1S/C25H23N5OS/c1-25(22-14-20(16-32-22)19-7-3-6-18(13-19)15-26)21(23(31)30(2)24(27)29-25)8-4-5-17-9-11-28-12-10-17/h3-7,9-14,16,21H,8H2,1-2H3,(H2,27,29)/t21?,25-/m0/s1. The Bertz CT molecular complexity index is 1240. The second-order valence-corrected chi connectivity index (χ2v) is 8.79. The number of thiophene rings is 1. The summed E-state index contributed by atoms with van der Waals surface area (Å²) >= 11 is 1.55. The number of guanidine groups is 1. The van der Waals surface area contributed by atoms with E-state index in [0.29, 0.717) is 12.0 Å². The lowest BCUT2D eigenvalue weighted by molar-refractivity contribution is -0.133. The van der Waals surface area contributed by atoms with E-state index in [-0.39, 0.29) is 11.9 Å². The van der Waals surface area contributed by atoms with Gasteiger partial charge in [0.1, 0.15) is 5.54 Å². The van der Waals surface area contributed by atoms with E-state index in [4.69, 9.17) is 10.7 Å². The normalized spacial score (nSPS) is 20.9. The number of benzene rings is 1. The molecule has 6 nitrogen and oxygen atoms in total. The molecule has 1 aliphatic heterocycles. The van der Waals surface area contributed by atoms with E-state index in [0.717, 1.165) is 21.6 Å². The topological polar surface area (TPSA) is 95.4 Å². The van der Waals surface area contributed by atoms with Gasteiger partial charge in [-0.15, -0.1) is 11.3 Å². The fourth-order valence-electron chi connectivity index (χ4n) is 3.87. The molecule has 0 saturated carbocycles. The fourth-order valence-corrected chi connectivity index (χ4v) is 4.95. The molecular weight excluding hydrogens is 418 g/mol. The Morgan fingerprint density at radius 1 is 1.25 bits per heavy atom. The number of amides is 1. The summed E-state index contributed by atoms with van der Waals surface area (Å²) in [5.74, 6) is -0.232. The molecule has 1 amide bonds. The average Bonchev–Trinajstić information content (AvgIpc) is 3.32. The number of hydrogen-bond donors (Lipinski definition) is 1. The van der Waals surface area contributed by atoms with Crippen LogP contribution in [0.15, 0.2) is 71.3 Å². The van der Waals surface area contributed by atoms with Gasteiger partial charge < -0.3 is 5.73 Å². The molecule has 160 valence electrons. The van der Waals surface area contributed by atoms with Crippen LogP contribution in [-0.2, 0) is 10.3 Å². The molecule has 0 fully saturated rings. The highest BCUT2D eigenvalue weighted by atomic mass is 32.1. The summed E-state index contributed by atoms with van der Waals surface area (Å²) in [5, 5.41) is 11.2. The number of pyridine rings is 1. The quantitative estimate of drug-likeness (QED) is 0.635. The SMILES string of the molecule is CN1C(=O)C(CC=Cc2ccncc2)[C@@](C)(c2cc(-c3cccc(C#N)c3)cs2)N=C1N. The number of carbonyl (C=O) groups is 1. The van der Waals surface area contributed by atoms with Crippen molar-refractivity contribution < 1.29 is 4.79 Å². The van der Waals surface area contributed by atoms with Gasteiger partial charge in [0.2, 0.25) is 5.91 Å². The van der Waals surface area contributed by atoms with Crippen LogP contribution in [0.25, 0.3) is 17.2 Å². The van der Waals surface area contributed by atoms with E-state index < -0.39 is 11.5 Å². The molecule has 1 aromatic carbocycles. The van der Waals surface area contributed by atoms with E-state index in [1.54, 1.807) is 36.8 Å². The van der Waals surface area contributed by atoms with Crippen LogP contribution in [0.4, 0.5) is 0 Å².